The summed E-state index contributed by atoms with van der Waals surface area (Å²) >= 11 is 0. The van der Waals surface area contributed by atoms with E-state index in [1.165, 1.54) is 199 Å². The minimum Gasteiger partial charge on any atom is -0.462 e. The molecule has 0 saturated carbocycles. The number of aliphatic hydroxyl groups is 1. The average molecular weight is 1490 g/mol. The predicted octanol–water partition coefficient (Wildman–Crippen LogP) is 24.7. The number of hydrogen-bond acceptors (Lipinski definition) is 15. The summed E-state index contributed by atoms with van der Waals surface area (Å²) in [6.45, 7) is 4.95. The number of phosphoric acid groups is 2. The Hall–Kier alpha value is -2.72. The van der Waals surface area contributed by atoms with Gasteiger partial charge < -0.3 is 33.8 Å². The molecular weight excluding hydrogens is 1330 g/mol. The van der Waals surface area contributed by atoms with Gasteiger partial charge >= 0.3 is 39.5 Å². The van der Waals surface area contributed by atoms with Gasteiger partial charge in [0.15, 0.2) is 12.2 Å². The van der Waals surface area contributed by atoms with E-state index in [2.05, 4.69) is 64.2 Å². The lowest BCUT2D eigenvalue weighted by molar-refractivity contribution is -0.161. The van der Waals surface area contributed by atoms with Gasteiger partial charge in [-0.1, -0.05) is 321 Å². The molecule has 0 aliphatic heterocycles. The molecule has 0 saturated heterocycles. The third kappa shape index (κ3) is 75.5. The monoisotopic (exact) mass is 1490 g/mol. The van der Waals surface area contributed by atoms with Crippen LogP contribution in [0.4, 0.5) is 0 Å². The number of allylic oxidation sites excluding steroid dienone is 6. The lowest BCUT2D eigenvalue weighted by atomic mass is 10.0. The Morgan fingerprint density at radius 3 is 0.676 bits per heavy atom. The fourth-order valence-electron chi connectivity index (χ4n) is 12.1. The van der Waals surface area contributed by atoms with Crippen molar-refractivity contribution >= 4 is 39.5 Å². The van der Waals surface area contributed by atoms with E-state index in [4.69, 9.17) is 37.0 Å². The first-order valence-corrected chi connectivity index (χ1v) is 45.2. The van der Waals surface area contributed by atoms with E-state index < -0.39 is 97.5 Å². The molecule has 600 valence electrons. The zero-order valence-corrected chi connectivity index (χ0v) is 67.6. The number of esters is 4. The molecule has 0 aliphatic carbocycles. The van der Waals surface area contributed by atoms with Gasteiger partial charge in [-0.15, -0.1) is 0 Å². The number of aliphatic hydroxyl groups excluding tert-OH is 1. The van der Waals surface area contributed by atoms with E-state index >= 15 is 0 Å². The summed E-state index contributed by atoms with van der Waals surface area (Å²) in [5.74, 6) is -2.15. The first kappa shape index (κ1) is 99.3. The van der Waals surface area contributed by atoms with Gasteiger partial charge in [0, 0.05) is 25.7 Å². The minimum absolute atomic E-state index is 0.0898. The second kappa shape index (κ2) is 76.5. The number of carbonyl (C=O) groups excluding carboxylic acids is 4. The third-order valence-corrected chi connectivity index (χ3v) is 20.5. The van der Waals surface area contributed by atoms with Crippen molar-refractivity contribution in [3.63, 3.8) is 0 Å². The van der Waals surface area contributed by atoms with E-state index in [-0.39, 0.29) is 25.7 Å². The molecule has 102 heavy (non-hydrogen) atoms. The molecule has 0 fully saturated rings. The summed E-state index contributed by atoms with van der Waals surface area (Å²) in [6.07, 6.45) is 73.9. The molecule has 17 nitrogen and oxygen atoms in total. The molecule has 0 aliphatic rings. The summed E-state index contributed by atoms with van der Waals surface area (Å²) in [4.78, 5) is 73.1. The molecule has 3 N–H and O–H groups in total. The Bertz CT molecular complexity index is 2070. The van der Waals surface area contributed by atoms with Crippen molar-refractivity contribution in [2.24, 2.45) is 0 Å². The van der Waals surface area contributed by atoms with E-state index in [9.17, 15) is 43.2 Å². The number of rotatable bonds is 81. The largest absolute Gasteiger partial charge is 0.472 e. The van der Waals surface area contributed by atoms with Gasteiger partial charge in [-0.2, -0.15) is 0 Å². The Kier molecular flexibility index (Phi) is 74.4. The van der Waals surface area contributed by atoms with Gasteiger partial charge in [-0.25, -0.2) is 9.13 Å². The van der Waals surface area contributed by atoms with Crippen molar-refractivity contribution in [3.05, 3.63) is 36.5 Å². The molecule has 0 aromatic carbocycles. The highest BCUT2D eigenvalue weighted by molar-refractivity contribution is 7.47. The fraction of sp³-hybridized carbons (Fsp3) is 0.880. The Morgan fingerprint density at radius 2 is 0.451 bits per heavy atom. The normalized spacial score (nSPS) is 14.0. The smallest absolute Gasteiger partial charge is 0.462 e. The fourth-order valence-corrected chi connectivity index (χ4v) is 13.7. The molecule has 0 radical (unpaired) electrons. The van der Waals surface area contributed by atoms with Gasteiger partial charge in [-0.05, 0) is 103 Å². The lowest BCUT2D eigenvalue weighted by Gasteiger charge is -2.21. The average Bonchev–Trinajstić information content (AvgIpc) is 0.926. The quantitative estimate of drug-likeness (QED) is 0.0169. The topological polar surface area (TPSA) is 237 Å². The molecule has 0 heterocycles. The van der Waals surface area contributed by atoms with Crippen molar-refractivity contribution in [2.75, 3.05) is 39.6 Å². The van der Waals surface area contributed by atoms with Gasteiger partial charge in [0.2, 0.25) is 0 Å². The first-order chi connectivity index (χ1) is 49.7. The van der Waals surface area contributed by atoms with Crippen molar-refractivity contribution in [1.29, 1.82) is 0 Å². The van der Waals surface area contributed by atoms with E-state index in [1.807, 2.05) is 0 Å². The zero-order chi connectivity index (χ0) is 74.6. The lowest BCUT2D eigenvalue weighted by Crippen LogP contribution is -2.30. The molecule has 0 spiro atoms. The highest BCUT2D eigenvalue weighted by Gasteiger charge is 2.30. The third-order valence-electron chi connectivity index (χ3n) is 18.6. The van der Waals surface area contributed by atoms with Crippen LogP contribution in [0.25, 0.3) is 0 Å². The van der Waals surface area contributed by atoms with Crippen LogP contribution >= 0.6 is 15.6 Å². The summed E-state index contributed by atoms with van der Waals surface area (Å²) < 4.78 is 68.7. The van der Waals surface area contributed by atoms with E-state index in [1.54, 1.807) is 0 Å². The van der Waals surface area contributed by atoms with Crippen LogP contribution in [0.5, 0.6) is 0 Å². The van der Waals surface area contributed by atoms with Gasteiger partial charge in [0.25, 0.3) is 0 Å². The van der Waals surface area contributed by atoms with Crippen molar-refractivity contribution in [3.8, 4) is 0 Å². The van der Waals surface area contributed by atoms with Gasteiger partial charge in [-0.3, -0.25) is 37.3 Å². The Labute approximate surface area is 624 Å². The number of phosphoric ester groups is 2. The number of unbranched alkanes of at least 4 members (excludes halogenated alkanes) is 49. The SMILES string of the molecule is CCCCCCCC/C=C\CCCCCCCC(=O)OC[C@H](COP(=O)(O)OC[C@@H](O)COP(=O)(O)OC[C@@H](COC(=O)CCCCCCCCCCCCCCCCCCC)OC(=O)CCCCCCC/C=C\CCCCCCCC)OC(=O)CCCCCCC/C=C\CCCCCCCC. The Balaban J connectivity index is 5.32. The molecule has 0 aromatic heterocycles. The summed E-state index contributed by atoms with van der Waals surface area (Å²) in [5.41, 5.74) is 0. The van der Waals surface area contributed by atoms with Crippen LogP contribution in [-0.2, 0) is 65.4 Å². The van der Waals surface area contributed by atoms with Crippen LogP contribution in [0.2, 0.25) is 0 Å². The summed E-state index contributed by atoms with van der Waals surface area (Å²) in [6, 6.07) is 0. The standard InChI is InChI=1S/C83H156O17P2/c1-5-9-13-17-21-25-29-33-37-38-42-44-48-52-56-60-64-68-81(86)94-74-79(100-83(88)70-66-62-58-54-50-46-41-36-32-28-24-20-16-12-8-4)76-98-102(91,92)96-72-77(84)71-95-101(89,90)97-75-78(99-82(87)69-65-61-57-53-49-45-40-35-31-27-23-19-15-11-7-3)73-93-80(85)67-63-59-55-51-47-43-39-34-30-26-22-18-14-10-6-2/h34-36,39-41,77-79,84H,5-33,37-38,42-76H2,1-4H3,(H,89,90)(H,91,92)/b39-34-,40-35-,41-36-/t77-,78-,79-/m1/s1. The van der Waals surface area contributed by atoms with Crippen LogP contribution in [0, 0.1) is 0 Å². The molecular formula is C83H156O17P2. The highest BCUT2D eigenvalue weighted by Crippen LogP contribution is 2.45. The van der Waals surface area contributed by atoms with E-state index in [0.29, 0.717) is 25.7 Å². The minimum atomic E-state index is -4.97. The maximum Gasteiger partial charge on any atom is 0.472 e. The van der Waals surface area contributed by atoms with Crippen LogP contribution in [0.15, 0.2) is 36.5 Å². The van der Waals surface area contributed by atoms with Crippen molar-refractivity contribution < 1.29 is 80.2 Å². The zero-order valence-electron chi connectivity index (χ0n) is 65.8. The summed E-state index contributed by atoms with van der Waals surface area (Å²) in [7, 11) is -9.94. The molecule has 5 atom stereocenters. The first-order valence-electron chi connectivity index (χ1n) is 42.2. The molecule has 0 bridgehead atoms. The number of ether oxygens (including phenoxy) is 4. The maximum atomic E-state index is 13.1. The van der Waals surface area contributed by atoms with Gasteiger partial charge in [0.05, 0.1) is 26.4 Å². The molecule has 2 unspecified atom stereocenters. The molecule has 0 aromatic rings. The second-order valence-corrected chi connectivity index (χ2v) is 31.7. The van der Waals surface area contributed by atoms with Crippen molar-refractivity contribution in [2.45, 2.75) is 431 Å². The Morgan fingerprint density at radius 1 is 0.265 bits per heavy atom. The maximum absolute atomic E-state index is 13.1. The van der Waals surface area contributed by atoms with Crippen LogP contribution in [0.1, 0.15) is 413 Å². The summed E-state index contributed by atoms with van der Waals surface area (Å²) in [5, 5.41) is 10.7. The van der Waals surface area contributed by atoms with E-state index in [0.717, 1.165) is 135 Å². The predicted molar refractivity (Wildman–Crippen MR) is 418 cm³/mol. The van der Waals surface area contributed by atoms with Crippen LogP contribution < -0.4 is 0 Å². The molecule has 19 heteroatoms. The molecule has 0 rings (SSSR count). The van der Waals surface area contributed by atoms with Crippen LogP contribution in [-0.4, -0.2) is 96.7 Å². The highest BCUT2D eigenvalue weighted by atomic mass is 31.2. The van der Waals surface area contributed by atoms with Crippen LogP contribution in [0.3, 0.4) is 0 Å². The number of carbonyl (C=O) groups is 4. The number of hydrogen-bond donors (Lipinski definition) is 3. The van der Waals surface area contributed by atoms with Crippen molar-refractivity contribution in [1.82, 2.24) is 0 Å². The molecule has 0 amide bonds. The van der Waals surface area contributed by atoms with Gasteiger partial charge in [0.1, 0.15) is 19.3 Å². The second-order valence-electron chi connectivity index (χ2n) is 28.8.